The Bertz CT molecular complexity index is 1050. The first-order valence-corrected chi connectivity index (χ1v) is 9.47. The Morgan fingerprint density at radius 2 is 2.00 bits per heavy atom. The minimum atomic E-state index is -1.23. The van der Waals surface area contributed by atoms with Crippen LogP contribution in [0.5, 0.6) is 0 Å². The van der Waals surface area contributed by atoms with Crippen LogP contribution in [0, 0.1) is 11.8 Å². The first-order valence-electron chi connectivity index (χ1n) is 9.47. The van der Waals surface area contributed by atoms with Crippen LogP contribution in [0.2, 0.25) is 0 Å². The molecular weight excluding hydrogens is 354 g/mol. The Labute approximate surface area is 162 Å². The van der Waals surface area contributed by atoms with Gasteiger partial charge >= 0.3 is 0 Å². The number of nitrogens with zero attached hydrogens (tertiary/aromatic N) is 1. The van der Waals surface area contributed by atoms with Crippen molar-refractivity contribution in [2.24, 2.45) is 11.8 Å². The summed E-state index contributed by atoms with van der Waals surface area (Å²) in [6, 6.07) is 13.3. The van der Waals surface area contributed by atoms with E-state index in [4.69, 9.17) is 4.74 Å². The molecule has 2 fully saturated rings. The normalized spacial score (nSPS) is 32.9. The molecule has 3 heterocycles. The van der Waals surface area contributed by atoms with Crippen LogP contribution in [-0.4, -0.2) is 29.6 Å². The molecule has 5 heteroatoms. The van der Waals surface area contributed by atoms with Gasteiger partial charge in [0.25, 0.3) is 0 Å². The van der Waals surface area contributed by atoms with Gasteiger partial charge in [-0.25, -0.2) is 0 Å². The van der Waals surface area contributed by atoms with Crippen molar-refractivity contribution in [1.82, 2.24) is 0 Å². The lowest BCUT2D eigenvalue weighted by Gasteiger charge is -2.34. The molecule has 5 atom stereocenters. The van der Waals surface area contributed by atoms with Crippen molar-refractivity contribution in [1.29, 1.82) is 0 Å². The van der Waals surface area contributed by atoms with Gasteiger partial charge in [0.15, 0.2) is 0 Å². The van der Waals surface area contributed by atoms with Gasteiger partial charge in [-0.1, -0.05) is 54.1 Å². The summed E-state index contributed by atoms with van der Waals surface area (Å²) in [6.07, 6.45) is 3.57. The molecule has 3 aliphatic heterocycles. The van der Waals surface area contributed by atoms with E-state index in [1.807, 2.05) is 55.5 Å². The second kappa shape index (κ2) is 5.79. The summed E-state index contributed by atoms with van der Waals surface area (Å²) >= 11 is 0. The molecule has 2 aromatic rings. The number of fused-ring (bicyclic) bond motifs is 2. The highest BCUT2D eigenvalue weighted by atomic mass is 16.5. The third kappa shape index (κ3) is 2.11. The highest BCUT2D eigenvalue weighted by molar-refractivity contribution is 6.09. The predicted molar refractivity (Wildman–Crippen MR) is 103 cm³/mol. The van der Waals surface area contributed by atoms with E-state index in [0.29, 0.717) is 6.42 Å². The molecule has 0 unspecified atom stereocenters. The van der Waals surface area contributed by atoms with E-state index >= 15 is 0 Å². The number of carboxylic acids is 1. The molecule has 0 saturated carbocycles. The minimum Gasteiger partial charge on any atom is -0.550 e. The second-order valence-electron chi connectivity index (χ2n) is 8.00. The second-order valence-corrected chi connectivity index (χ2v) is 8.00. The van der Waals surface area contributed by atoms with Crippen LogP contribution in [0.1, 0.15) is 13.3 Å². The molecule has 5 nitrogen and oxygen atoms in total. The number of ether oxygens (including phenoxy) is 1. The van der Waals surface area contributed by atoms with Crippen molar-refractivity contribution >= 4 is 28.3 Å². The largest absolute Gasteiger partial charge is 0.550 e. The summed E-state index contributed by atoms with van der Waals surface area (Å²) in [5.74, 6) is -3.20. The van der Waals surface area contributed by atoms with Gasteiger partial charge in [-0.3, -0.25) is 4.79 Å². The Morgan fingerprint density at radius 1 is 1.25 bits per heavy atom. The van der Waals surface area contributed by atoms with Crippen molar-refractivity contribution in [3.63, 3.8) is 0 Å². The molecule has 2 aromatic carbocycles. The zero-order valence-corrected chi connectivity index (χ0v) is 15.5. The van der Waals surface area contributed by atoms with Crippen LogP contribution in [0.15, 0.2) is 66.8 Å². The smallest absolute Gasteiger partial charge is 0.234 e. The highest BCUT2D eigenvalue weighted by Crippen LogP contribution is 2.57. The number of hydrogen-bond acceptors (Lipinski definition) is 4. The average molecular weight is 374 g/mol. The van der Waals surface area contributed by atoms with Crippen LogP contribution < -0.4 is 10.0 Å². The molecule has 0 radical (unpaired) electrons. The van der Waals surface area contributed by atoms with Gasteiger partial charge in [0, 0.05) is 17.3 Å². The van der Waals surface area contributed by atoms with Gasteiger partial charge in [-0.2, -0.15) is 0 Å². The maximum atomic E-state index is 13.6. The molecule has 142 valence electrons. The first-order chi connectivity index (χ1) is 13.4. The van der Waals surface area contributed by atoms with E-state index in [9.17, 15) is 14.7 Å². The summed E-state index contributed by atoms with van der Waals surface area (Å²) in [5.41, 5.74) is 0.730. The summed E-state index contributed by atoms with van der Waals surface area (Å²) in [5, 5.41) is 13.8. The molecule has 0 aliphatic carbocycles. The number of amides is 1. The van der Waals surface area contributed by atoms with Crippen LogP contribution in [0.25, 0.3) is 10.8 Å². The Hall–Kier alpha value is -2.92. The van der Waals surface area contributed by atoms with E-state index in [1.165, 1.54) is 0 Å². The maximum absolute atomic E-state index is 13.6. The molecule has 0 aromatic heterocycles. The number of carbonyl (C=O) groups excluding carboxylic acids is 2. The fraction of sp³-hybridized carbons (Fsp3) is 0.304. The predicted octanol–water partition coefficient (Wildman–Crippen LogP) is 2.21. The third-order valence-corrected chi connectivity index (χ3v) is 6.26. The van der Waals surface area contributed by atoms with Crippen molar-refractivity contribution in [3.8, 4) is 0 Å². The molecule has 2 bridgehead atoms. The fourth-order valence-electron chi connectivity index (χ4n) is 5.20. The molecule has 2 saturated heterocycles. The minimum absolute atomic E-state index is 0.219. The lowest BCUT2D eigenvalue weighted by Crippen LogP contribution is -2.46. The zero-order valence-electron chi connectivity index (χ0n) is 15.5. The fourth-order valence-corrected chi connectivity index (χ4v) is 5.20. The Kier molecular flexibility index (Phi) is 3.55. The van der Waals surface area contributed by atoms with Gasteiger partial charge in [0.1, 0.15) is 5.60 Å². The van der Waals surface area contributed by atoms with Crippen molar-refractivity contribution in [3.05, 3.63) is 66.8 Å². The summed E-state index contributed by atoms with van der Waals surface area (Å²) in [6.45, 7) is 5.95. The molecule has 28 heavy (non-hydrogen) atoms. The number of anilines is 1. The van der Waals surface area contributed by atoms with Gasteiger partial charge in [0.05, 0.1) is 23.8 Å². The molecule has 3 aliphatic rings. The van der Waals surface area contributed by atoms with E-state index in [1.54, 1.807) is 11.0 Å². The number of hydrogen-bond donors (Lipinski definition) is 0. The molecule has 5 rings (SSSR count). The van der Waals surface area contributed by atoms with Crippen molar-refractivity contribution < 1.29 is 19.4 Å². The topological polar surface area (TPSA) is 69.7 Å². The lowest BCUT2D eigenvalue weighted by molar-refractivity contribution is -0.313. The van der Waals surface area contributed by atoms with Crippen LogP contribution >= 0.6 is 0 Å². The highest BCUT2D eigenvalue weighted by Gasteiger charge is 2.69. The van der Waals surface area contributed by atoms with E-state index in [2.05, 4.69) is 6.58 Å². The quantitative estimate of drug-likeness (QED) is 0.770. The first kappa shape index (κ1) is 17.2. The third-order valence-electron chi connectivity index (χ3n) is 6.26. The lowest BCUT2D eigenvalue weighted by atomic mass is 9.74. The van der Waals surface area contributed by atoms with E-state index in [0.717, 1.165) is 22.0 Å². The van der Waals surface area contributed by atoms with Gasteiger partial charge in [-0.15, -0.1) is 6.58 Å². The van der Waals surface area contributed by atoms with Crippen LogP contribution in [0.4, 0.5) is 5.69 Å². The van der Waals surface area contributed by atoms with Gasteiger partial charge < -0.3 is 19.5 Å². The van der Waals surface area contributed by atoms with Gasteiger partial charge in [-0.05, 0) is 24.8 Å². The van der Waals surface area contributed by atoms with Crippen molar-refractivity contribution in [2.45, 2.75) is 31.1 Å². The molecule has 1 amide bonds. The molecule has 1 spiro atoms. The van der Waals surface area contributed by atoms with Gasteiger partial charge in [0.2, 0.25) is 5.91 Å². The van der Waals surface area contributed by atoms with E-state index < -0.39 is 29.5 Å². The maximum Gasteiger partial charge on any atom is 0.234 e. The molecule has 0 N–H and O–H groups in total. The number of aliphatic carboxylic acids is 1. The zero-order chi connectivity index (χ0) is 19.6. The summed E-state index contributed by atoms with van der Waals surface area (Å²) in [4.78, 5) is 27.2. The summed E-state index contributed by atoms with van der Waals surface area (Å²) in [7, 11) is 0. The van der Waals surface area contributed by atoms with E-state index in [-0.39, 0.29) is 11.9 Å². The number of carboxylic acid groups (broad SMARTS) is 1. The summed E-state index contributed by atoms with van der Waals surface area (Å²) < 4.78 is 6.17. The number of benzene rings is 2. The van der Waals surface area contributed by atoms with Crippen LogP contribution in [-0.2, 0) is 14.3 Å². The number of carbonyl (C=O) groups is 2. The van der Waals surface area contributed by atoms with Crippen LogP contribution in [0.3, 0.4) is 0 Å². The standard InChI is InChI=1S/C23H21NO4/c1-13(2)12-18-23-11-10-17(28-23)19(22(26)27)20(23)21(25)24(18)16-9-5-7-14-6-3-4-8-15(14)16/h3-11,17-20H,1,12H2,2H3,(H,26,27)/p-1/t17-,18+,19+,20+,23-/m1/s1. The average Bonchev–Trinajstić information content (AvgIpc) is 3.30. The number of rotatable bonds is 4. The Morgan fingerprint density at radius 3 is 2.75 bits per heavy atom. The monoisotopic (exact) mass is 374 g/mol. The SMILES string of the molecule is C=C(C)C[C@@H]1N(c2cccc3ccccc23)C(=O)[C@@H]2[C@@H](C(=O)[O-])[C@H]3C=C[C@]21O3. The van der Waals surface area contributed by atoms with Crippen molar-refractivity contribution in [2.75, 3.05) is 4.90 Å². The molecular formula is C23H20NO4-. The Balaban J connectivity index is 1.71.